The Labute approximate surface area is 98.7 Å². The Kier molecular flexibility index (Phi) is 3.93. The van der Waals surface area contributed by atoms with Gasteiger partial charge in [0.2, 0.25) is 5.91 Å². The van der Waals surface area contributed by atoms with Crippen LogP contribution in [0.25, 0.3) is 0 Å². The van der Waals surface area contributed by atoms with Gasteiger partial charge in [-0.2, -0.15) is 0 Å². The molecule has 3 amide bonds. The van der Waals surface area contributed by atoms with Gasteiger partial charge in [-0.3, -0.25) is 4.79 Å². The molecule has 0 radical (unpaired) electrons. The Morgan fingerprint density at radius 2 is 2.00 bits per heavy atom. The van der Waals surface area contributed by atoms with Crippen LogP contribution in [0.2, 0.25) is 0 Å². The lowest BCUT2D eigenvalue weighted by atomic mass is 10.1. The largest absolute Gasteiger partial charge is 0.480 e. The Balaban J connectivity index is 2.35. The molecule has 0 aromatic carbocycles. The number of hydrogen-bond acceptors (Lipinski definition) is 3. The highest BCUT2D eigenvalue weighted by atomic mass is 16.4. The average Bonchev–Trinajstić information content (AvgIpc) is 2.93. The van der Waals surface area contributed by atoms with Gasteiger partial charge in [0.05, 0.1) is 6.42 Å². The van der Waals surface area contributed by atoms with Gasteiger partial charge >= 0.3 is 12.0 Å². The Bertz CT molecular complexity index is 338. The first-order chi connectivity index (χ1) is 7.82. The molecule has 0 unspecified atom stereocenters. The highest BCUT2D eigenvalue weighted by molar-refractivity contribution is 5.87. The summed E-state index contributed by atoms with van der Waals surface area (Å²) >= 11 is 0. The molecule has 17 heavy (non-hydrogen) atoms. The molecule has 1 aliphatic rings. The SMILES string of the molecule is CC1(CNC(=O)N[C@@H](CC(N)=O)C(=O)O)CC1. The van der Waals surface area contributed by atoms with Gasteiger partial charge in [0.1, 0.15) is 6.04 Å². The number of nitrogens with one attached hydrogen (secondary N) is 2. The summed E-state index contributed by atoms with van der Waals surface area (Å²) in [6, 6.07) is -1.87. The summed E-state index contributed by atoms with van der Waals surface area (Å²) in [6.07, 6.45) is 1.69. The second-order valence-electron chi connectivity index (χ2n) is 4.70. The monoisotopic (exact) mass is 243 g/mol. The number of carbonyl (C=O) groups is 3. The molecule has 0 aromatic rings. The number of carboxylic acids is 1. The third kappa shape index (κ3) is 4.71. The van der Waals surface area contributed by atoms with E-state index in [1.807, 2.05) is 6.92 Å². The maximum Gasteiger partial charge on any atom is 0.326 e. The zero-order valence-corrected chi connectivity index (χ0v) is 9.66. The van der Waals surface area contributed by atoms with Crippen LogP contribution >= 0.6 is 0 Å². The number of carboxylic acid groups (broad SMARTS) is 1. The predicted molar refractivity (Wildman–Crippen MR) is 59.1 cm³/mol. The predicted octanol–water partition coefficient (Wildman–Crippen LogP) is -0.586. The normalized spacial score (nSPS) is 17.9. The molecule has 1 saturated carbocycles. The van der Waals surface area contributed by atoms with Crippen molar-refractivity contribution in [3.8, 4) is 0 Å². The van der Waals surface area contributed by atoms with E-state index >= 15 is 0 Å². The Morgan fingerprint density at radius 1 is 1.41 bits per heavy atom. The second kappa shape index (κ2) is 5.03. The van der Waals surface area contributed by atoms with E-state index in [9.17, 15) is 14.4 Å². The summed E-state index contributed by atoms with van der Waals surface area (Å²) < 4.78 is 0. The second-order valence-corrected chi connectivity index (χ2v) is 4.70. The first kappa shape index (κ1) is 13.3. The molecule has 96 valence electrons. The van der Waals surface area contributed by atoms with Gasteiger partial charge in [-0.05, 0) is 18.3 Å². The molecule has 1 aliphatic carbocycles. The Morgan fingerprint density at radius 3 is 2.41 bits per heavy atom. The van der Waals surface area contributed by atoms with Crippen molar-refractivity contribution < 1.29 is 19.5 Å². The van der Waals surface area contributed by atoms with Crippen molar-refractivity contribution in [3.05, 3.63) is 0 Å². The van der Waals surface area contributed by atoms with E-state index in [4.69, 9.17) is 10.8 Å². The van der Waals surface area contributed by atoms with Crippen LogP contribution in [-0.2, 0) is 9.59 Å². The van der Waals surface area contributed by atoms with Crippen LogP contribution < -0.4 is 16.4 Å². The van der Waals surface area contributed by atoms with Gasteiger partial charge in [0.15, 0.2) is 0 Å². The van der Waals surface area contributed by atoms with Crippen molar-refractivity contribution in [2.75, 3.05) is 6.54 Å². The molecule has 0 saturated heterocycles. The minimum absolute atomic E-state index is 0.139. The van der Waals surface area contributed by atoms with Crippen LogP contribution in [0.3, 0.4) is 0 Å². The maximum absolute atomic E-state index is 11.4. The van der Waals surface area contributed by atoms with Crippen molar-refractivity contribution in [1.82, 2.24) is 10.6 Å². The van der Waals surface area contributed by atoms with Crippen LogP contribution in [0, 0.1) is 5.41 Å². The van der Waals surface area contributed by atoms with E-state index in [2.05, 4.69) is 10.6 Å². The standard InChI is InChI=1S/C10H17N3O4/c1-10(2-3-10)5-12-9(17)13-6(8(15)16)4-7(11)14/h6H,2-5H2,1H3,(H2,11,14)(H,15,16)(H2,12,13,17)/t6-/m0/s1. The molecule has 0 aliphatic heterocycles. The molecular formula is C10H17N3O4. The smallest absolute Gasteiger partial charge is 0.326 e. The first-order valence-corrected chi connectivity index (χ1v) is 5.38. The number of urea groups is 1. The molecule has 0 spiro atoms. The summed E-state index contributed by atoms with van der Waals surface area (Å²) in [7, 11) is 0. The van der Waals surface area contributed by atoms with E-state index in [0.717, 1.165) is 12.8 Å². The van der Waals surface area contributed by atoms with E-state index in [-0.39, 0.29) is 5.41 Å². The fourth-order valence-electron chi connectivity index (χ4n) is 1.29. The van der Waals surface area contributed by atoms with Crippen LogP contribution in [0.5, 0.6) is 0 Å². The number of nitrogens with two attached hydrogens (primary N) is 1. The zero-order valence-electron chi connectivity index (χ0n) is 9.66. The lowest BCUT2D eigenvalue weighted by Crippen LogP contribution is -2.48. The van der Waals surface area contributed by atoms with Gasteiger partial charge in [-0.25, -0.2) is 9.59 Å². The van der Waals surface area contributed by atoms with E-state index in [0.29, 0.717) is 6.54 Å². The third-order valence-corrected chi connectivity index (χ3v) is 2.79. The van der Waals surface area contributed by atoms with E-state index < -0.39 is 30.4 Å². The Hall–Kier alpha value is -1.79. The minimum Gasteiger partial charge on any atom is -0.480 e. The molecule has 1 rings (SSSR count). The van der Waals surface area contributed by atoms with Crippen molar-refractivity contribution in [2.45, 2.75) is 32.2 Å². The van der Waals surface area contributed by atoms with Gasteiger partial charge in [-0.15, -0.1) is 0 Å². The van der Waals surface area contributed by atoms with E-state index in [1.54, 1.807) is 0 Å². The number of rotatable bonds is 6. The number of amides is 3. The van der Waals surface area contributed by atoms with Crippen LogP contribution in [0.1, 0.15) is 26.2 Å². The number of hydrogen-bond donors (Lipinski definition) is 4. The summed E-state index contributed by atoms with van der Waals surface area (Å²) in [5, 5.41) is 13.5. The lowest BCUT2D eigenvalue weighted by molar-refractivity contribution is -0.140. The molecular weight excluding hydrogens is 226 g/mol. The maximum atomic E-state index is 11.4. The first-order valence-electron chi connectivity index (χ1n) is 5.38. The summed E-state index contributed by atoms with van der Waals surface area (Å²) in [5.41, 5.74) is 5.02. The molecule has 0 aromatic heterocycles. The highest BCUT2D eigenvalue weighted by Crippen LogP contribution is 2.43. The molecule has 0 bridgehead atoms. The van der Waals surface area contributed by atoms with Crippen LogP contribution in [0.4, 0.5) is 4.79 Å². The van der Waals surface area contributed by atoms with Crippen LogP contribution in [0.15, 0.2) is 0 Å². The molecule has 1 atom stereocenters. The third-order valence-electron chi connectivity index (χ3n) is 2.79. The minimum atomic E-state index is -1.28. The summed E-state index contributed by atoms with van der Waals surface area (Å²) in [6.45, 7) is 2.53. The van der Waals surface area contributed by atoms with Gasteiger partial charge < -0.3 is 21.5 Å². The topological polar surface area (TPSA) is 122 Å². The number of aliphatic carboxylic acids is 1. The fraction of sp³-hybridized carbons (Fsp3) is 0.700. The molecule has 1 fully saturated rings. The molecule has 7 heteroatoms. The van der Waals surface area contributed by atoms with Crippen molar-refractivity contribution in [3.63, 3.8) is 0 Å². The van der Waals surface area contributed by atoms with Gasteiger partial charge in [-0.1, -0.05) is 6.92 Å². The van der Waals surface area contributed by atoms with Crippen molar-refractivity contribution in [1.29, 1.82) is 0 Å². The molecule has 7 nitrogen and oxygen atoms in total. The highest BCUT2D eigenvalue weighted by Gasteiger charge is 2.37. The molecule has 5 N–H and O–H groups in total. The van der Waals surface area contributed by atoms with Crippen LogP contribution in [-0.4, -0.2) is 35.6 Å². The van der Waals surface area contributed by atoms with Gasteiger partial charge in [0, 0.05) is 6.54 Å². The van der Waals surface area contributed by atoms with Gasteiger partial charge in [0.25, 0.3) is 0 Å². The number of carbonyl (C=O) groups excluding carboxylic acids is 2. The van der Waals surface area contributed by atoms with E-state index in [1.165, 1.54) is 0 Å². The number of primary amides is 1. The summed E-state index contributed by atoms with van der Waals surface area (Å²) in [5.74, 6) is -2.05. The lowest BCUT2D eigenvalue weighted by Gasteiger charge is -2.15. The van der Waals surface area contributed by atoms with Crippen molar-refractivity contribution >= 4 is 17.9 Å². The molecule has 0 heterocycles. The fourth-order valence-corrected chi connectivity index (χ4v) is 1.29. The zero-order chi connectivity index (χ0) is 13.1. The van der Waals surface area contributed by atoms with Crippen molar-refractivity contribution in [2.24, 2.45) is 11.1 Å². The summed E-state index contributed by atoms with van der Waals surface area (Å²) in [4.78, 5) is 32.7. The average molecular weight is 243 g/mol. The quantitative estimate of drug-likeness (QED) is 0.498.